The highest BCUT2D eigenvalue weighted by molar-refractivity contribution is 8.14. The molecule has 7 heteroatoms. The molecule has 0 aromatic heterocycles. The predicted molar refractivity (Wildman–Crippen MR) is 95.8 cm³/mol. The molecule has 0 unspecified atom stereocenters. The molecule has 26 heavy (non-hydrogen) atoms. The molecule has 142 valence electrons. The van der Waals surface area contributed by atoms with Crippen molar-refractivity contribution >= 4 is 16.9 Å². The molecule has 1 aromatic rings. The first-order chi connectivity index (χ1) is 12.2. The lowest BCUT2D eigenvalue weighted by Crippen LogP contribution is -2.40. The molecule has 3 aliphatic heterocycles. The molecule has 0 radical (unpaired) electrons. The van der Waals surface area contributed by atoms with Crippen molar-refractivity contribution in [3.63, 3.8) is 0 Å². The van der Waals surface area contributed by atoms with E-state index in [1.54, 1.807) is 12.1 Å². The summed E-state index contributed by atoms with van der Waals surface area (Å²) in [5.41, 5.74) is 0.188. The zero-order valence-electron chi connectivity index (χ0n) is 15.3. The first-order valence-corrected chi connectivity index (χ1v) is 9.71. The van der Waals surface area contributed by atoms with Gasteiger partial charge in [0.2, 0.25) is 5.12 Å². The van der Waals surface area contributed by atoms with Crippen molar-refractivity contribution < 1.29 is 28.5 Å². The largest absolute Gasteiger partial charge is 0.355 e. The minimum Gasteiger partial charge on any atom is -0.355 e. The van der Waals surface area contributed by atoms with Crippen molar-refractivity contribution in [1.29, 1.82) is 0 Å². The Morgan fingerprint density at radius 1 is 0.962 bits per heavy atom. The van der Waals surface area contributed by atoms with Crippen molar-refractivity contribution in [2.45, 2.75) is 69.1 Å². The van der Waals surface area contributed by atoms with E-state index in [-0.39, 0.29) is 29.5 Å². The van der Waals surface area contributed by atoms with Crippen LogP contribution in [0.25, 0.3) is 0 Å². The Hall–Kier alpha value is -0.960. The molecule has 0 amide bonds. The van der Waals surface area contributed by atoms with Crippen LogP contribution in [0.1, 0.15) is 38.1 Å². The maximum absolute atomic E-state index is 12.6. The van der Waals surface area contributed by atoms with Crippen LogP contribution in [0.15, 0.2) is 30.3 Å². The number of benzene rings is 1. The first kappa shape index (κ1) is 18.4. The van der Waals surface area contributed by atoms with Gasteiger partial charge in [0.1, 0.15) is 29.9 Å². The van der Waals surface area contributed by atoms with Gasteiger partial charge in [-0.15, -0.1) is 0 Å². The van der Waals surface area contributed by atoms with Crippen LogP contribution in [-0.4, -0.2) is 53.1 Å². The van der Waals surface area contributed by atoms with Crippen LogP contribution in [0.4, 0.5) is 0 Å². The second kappa shape index (κ2) is 6.58. The third-order valence-electron chi connectivity index (χ3n) is 4.68. The van der Waals surface area contributed by atoms with Gasteiger partial charge in [-0.05, 0) is 39.5 Å². The normalized spacial score (nSPS) is 37.6. The molecular formula is C19H24O6S. The van der Waals surface area contributed by atoms with E-state index >= 15 is 0 Å². The highest BCUT2D eigenvalue weighted by atomic mass is 32.2. The number of ether oxygens (including phenoxy) is 5. The van der Waals surface area contributed by atoms with Gasteiger partial charge in [0.15, 0.2) is 11.6 Å². The van der Waals surface area contributed by atoms with Crippen LogP contribution in [0.5, 0.6) is 0 Å². The van der Waals surface area contributed by atoms with Crippen LogP contribution < -0.4 is 0 Å². The second-order valence-corrected chi connectivity index (χ2v) is 8.74. The molecule has 0 spiro atoms. The van der Waals surface area contributed by atoms with E-state index in [9.17, 15) is 4.79 Å². The smallest absolute Gasteiger partial charge is 0.221 e. The topological polar surface area (TPSA) is 63.2 Å². The Morgan fingerprint density at radius 3 is 2.31 bits per heavy atom. The summed E-state index contributed by atoms with van der Waals surface area (Å²) >= 11 is 1.14. The second-order valence-electron chi connectivity index (χ2n) is 7.67. The van der Waals surface area contributed by atoms with E-state index < -0.39 is 17.0 Å². The van der Waals surface area contributed by atoms with Crippen molar-refractivity contribution in [3.8, 4) is 0 Å². The van der Waals surface area contributed by atoms with Crippen LogP contribution >= 0.6 is 11.8 Å². The lowest BCUT2D eigenvalue weighted by atomic mass is 10.1. The van der Waals surface area contributed by atoms with E-state index in [2.05, 4.69) is 0 Å². The number of carbonyl (C=O) groups excluding carboxylic acids is 1. The fraction of sp³-hybridized carbons (Fsp3) is 0.632. The zero-order chi connectivity index (χ0) is 18.5. The number of fused-ring (bicyclic) bond motifs is 1. The average Bonchev–Trinajstić information content (AvgIpc) is 3.19. The monoisotopic (exact) mass is 380 g/mol. The summed E-state index contributed by atoms with van der Waals surface area (Å²) in [5.74, 6) is -1.37. The summed E-state index contributed by atoms with van der Waals surface area (Å²) in [6, 6.07) is 9.17. The van der Waals surface area contributed by atoms with Gasteiger partial charge in [0, 0.05) is 5.56 Å². The fourth-order valence-corrected chi connectivity index (χ4v) is 4.62. The van der Waals surface area contributed by atoms with E-state index in [1.807, 2.05) is 45.9 Å². The number of carbonyl (C=O) groups is 1. The molecule has 3 fully saturated rings. The molecule has 3 heterocycles. The van der Waals surface area contributed by atoms with Crippen molar-refractivity contribution in [2.75, 3.05) is 6.61 Å². The van der Waals surface area contributed by atoms with E-state index in [0.717, 1.165) is 11.8 Å². The number of hydrogen-bond donors (Lipinski definition) is 0. The summed E-state index contributed by atoms with van der Waals surface area (Å²) < 4.78 is 30.0. The molecule has 1 aromatic carbocycles. The average molecular weight is 380 g/mol. The predicted octanol–water partition coefficient (Wildman–Crippen LogP) is 2.96. The van der Waals surface area contributed by atoms with Crippen LogP contribution in [0.3, 0.4) is 0 Å². The molecule has 0 N–H and O–H groups in total. The summed E-state index contributed by atoms with van der Waals surface area (Å²) in [6.07, 6.45) is -1.23. The standard InChI is InChI=1S/C19H24O6S/c1-18(2)21-10-12(23-18)13-14-15(25-19(3,4)24-14)17(22-13)26-16(20)11-8-6-5-7-9-11/h5-9,12-15,17H,10H2,1-4H3/t12-,13-,14+,15+,17+/m1/s1. The van der Waals surface area contributed by atoms with Gasteiger partial charge in [0.25, 0.3) is 0 Å². The van der Waals surface area contributed by atoms with Crippen molar-refractivity contribution in [2.24, 2.45) is 0 Å². The Kier molecular flexibility index (Phi) is 4.66. The molecule has 0 saturated carbocycles. The van der Waals surface area contributed by atoms with Crippen LogP contribution in [0.2, 0.25) is 0 Å². The van der Waals surface area contributed by atoms with Gasteiger partial charge in [-0.25, -0.2) is 0 Å². The van der Waals surface area contributed by atoms with Crippen LogP contribution in [0, 0.1) is 0 Å². The minimum atomic E-state index is -0.721. The van der Waals surface area contributed by atoms with Crippen molar-refractivity contribution in [1.82, 2.24) is 0 Å². The lowest BCUT2D eigenvalue weighted by molar-refractivity contribution is -0.198. The van der Waals surface area contributed by atoms with Crippen LogP contribution in [-0.2, 0) is 23.7 Å². The number of thioether (sulfide) groups is 1. The van der Waals surface area contributed by atoms with E-state index in [1.165, 1.54) is 0 Å². The number of rotatable bonds is 3. The maximum atomic E-state index is 12.6. The Balaban J connectivity index is 1.51. The third kappa shape index (κ3) is 3.56. The molecule has 3 aliphatic rings. The third-order valence-corrected chi connectivity index (χ3v) is 5.74. The highest BCUT2D eigenvalue weighted by Crippen LogP contribution is 2.45. The Morgan fingerprint density at radius 2 is 1.65 bits per heavy atom. The van der Waals surface area contributed by atoms with Gasteiger partial charge in [-0.1, -0.05) is 30.3 Å². The van der Waals surface area contributed by atoms with Gasteiger partial charge in [-0.2, -0.15) is 0 Å². The molecular weight excluding hydrogens is 356 g/mol. The molecule has 0 bridgehead atoms. The van der Waals surface area contributed by atoms with Gasteiger partial charge in [-0.3, -0.25) is 4.79 Å². The lowest BCUT2D eigenvalue weighted by Gasteiger charge is -2.26. The van der Waals surface area contributed by atoms with Gasteiger partial charge >= 0.3 is 0 Å². The molecule has 0 aliphatic carbocycles. The minimum absolute atomic E-state index is 0.0489. The SMILES string of the molecule is CC1(C)O[C@H]2[C@@H]([C@H]3COC(C)(C)O3)O[C@@H](SC(=O)c3ccccc3)[C@H]2O1. The Labute approximate surface area is 157 Å². The van der Waals surface area contributed by atoms with Crippen molar-refractivity contribution in [3.05, 3.63) is 35.9 Å². The summed E-state index contributed by atoms with van der Waals surface area (Å²) in [6.45, 7) is 7.92. The molecule has 6 nitrogen and oxygen atoms in total. The number of hydrogen-bond acceptors (Lipinski definition) is 7. The molecule has 5 atom stereocenters. The highest BCUT2D eigenvalue weighted by Gasteiger charge is 2.59. The summed E-state index contributed by atoms with van der Waals surface area (Å²) in [7, 11) is 0. The van der Waals surface area contributed by atoms with Gasteiger partial charge < -0.3 is 23.7 Å². The summed E-state index contributed by atoms with van der Waals surface area (Å²) in [4.78, 5) is 12.6. The van der Waals surface area contributed by atoms with E-state index in [4.69, 9.17) is 23.7 Å². The fourth-order valence-electron chi connectivity index (χ4n) is 3.61. The first-order valence-electron chi connectivity index (χ1n) is 8.83. The maximum Gasteiger partial charge on any atom is 0.221 e. The zero-order valence-corrected chi connectivity index (χ0v) is 16.2. The quantitative estimate of drug-likeness (QED) is 0.799. The van der Waals surface area contributed by atoms with Gasteiger partial charge in [0.05, 0.1) is 6.61 Å². The molecule has 3 saturated heterocycles. The molecule has 4 rings (SSSR count). The van der Waals surface area contributed by atoms with E-state index in [0.29, 0.717) is 12.2 Å². The Bertz CT molecular complexity index is 676. The summed E-state index contributed by atoms with van der Waals surface area (Å²) in [5, 5.41) is -0.0489.